The van der Waals surface area contributed by atoms with E-state index in [-0.39, 0.29) is 23.0 Å². The van der Waals surface area contributed by atoms with Gasteiger partial charge in [-0.15, -0.1) is 11.7 Å². The molecule has 106 valence electrons. The molecule has 1 amide bonds. The molecule has 0 radical (unpaired) electrons. The van der Waals surface area contributed by atoms with Crippen LogP contribution < -0.4 is 11.2 Å². The van der Waals surface area contributed by atoms with E-state index in [1.165, 1.54) is 10.8 Å². The first-order chi connectivity index (χ1) is 8.35. The Morgan fingerprint density at radius 1 is 1.67 bits per heavy atom. The van der Waals surface area contributed by atoms with Crippen molar-refractivity contribution in [2.24, 2.45) is 11.3 Å². The van der Waals surface area contributed by atoms with Crippen LogP contribution in [0.15, 0.2) is 0 Å². The van der Waals surface area contributed by atoms with E-state index in [0.29, 0.717) is 25.3 Å². The van der Waals surface area contributed by atoms with E-state index >= 15 is 0 Å². The molecule has 18 heavy (non-hydrogen) atoms. The number of amides is 1. The number of carbonyl (C=O) groups excluding carboxylic acids is 1. The molecule has 0 aromatic carbocycles. The number of rotatable bonds is 8. The van der Waals surface area contributed by atoms with Crippen molar-refractivity contribution in [1.82, 2.24) is 5.32 Å². The van der Waals surface area contributed by atoms with Crippen LogP contribution in [0.1, 0.15) is 27.2 Å². The molecule has 7 heteroatoms. The van der Waals surface area contributed by atoms with Crippen LogP contribution in [-0.2, 0) is 14.4 Å². The molecule has 1 aliphatic rings. The molecule has 1 saturated heterocycles. The maximum Gasteiger partial charge on any atom is 0.220 e. The van der Waals surface area contributed by atoms with E-state index in [0.717, 1.165) is 0 Å². The molecule has 5 nitrogen and oxygen atoms in total. The largest absolute Gasteiger partial charge is 0.363 e. The number of thiol groups is 1. The highest BCUT2D eigenvalue weighted by molar-refractivity contribution is 8.68. The number of hydrogen-bond acceptors (Lipinski definition) is 6. The summed E-state index contributed by atoms with van der Waals surface area (Å²) in [6.07, 6.45) is 0.534. The summed E-state index contributed by atoms with van der Waals surface area (Å²) >= 11 is 4.00. The molecule has 1 heterocycles. The topological polar surface area (TPSA) is 76.9 Å². The fourth-order valence-electron chi connectivity index (χ4n) is 2.14. The van der Waals surface area contributed by atoms with Gasteiger partial charge < -0.3 is 14.9 Å². The zero-order chi connectivity index (χ0) is 13.8. The number of nitrogens with two attached hydrogens (primary N) is 1. The van der Waals surface area contributed by atoms with Crippen LogP contribution in [0.25, 0.3) is 0 Å². The maximum absolute atomic E-state index is 11.5. The SMILES string of the molecule is CC(C)(CNC(=O)CCSS)C1OC1(C)CON. The van der Waals surface area contributed by atoms with Gasteiger partial charge in [0.05, 0.1) is 12.7 Å². The standard InChI is InChI=1S/C11H22N2O3S2/c1-10(2,6-13-8(14)4-5-18-17)9-11(3,16-9)7-15-12/h9,17H,4-7,12H2,1-3H3,(H,13,14). The Kier molecular flexibility index (Phi) is 5.79. The molecule has 1 rings (SSSR count). The summed E-state index contributed by atoms with van der Waals surface area (Å²) in [5.41, 5.74) is -0.471. The normalized spacial score (nSPS) is 27.1. The van der Waals surface area contributed by atoms with Gasteiger partial charge in [0.25, 0.3) is 0 Å². The van der Waals surface area contributed by atoms with Crippen LogP contribution in [0.3, 0.4) is 0 Å². The summed E-state index contributed by atoms with van der Waals surface area (Å²) in [5.74, 6) is 5.84. The van der Waals surface area contributed by atoms with Gasteiger partial charge in [-0.3, -0.25) is 4.79 Å². The van der Waals surface area contributed by atoms with Crippen molar-refractivity contribution in [3.8, 4) is 0 Å². The van der Waals surface area contributed by atoms with Crippen LogP contribution >= 0.6 is 22.5 Å². The predicted molar refractivity (Wildman–Crippen MR) is 76.3 cm³/mol. The van der Waals surface area contributed by atoms with Gasteiger partial charge in [-0.25, -0.2) is 5.90 Å². The lowest BCUT2D eigenvalue weighted by molar-refractivity contribution is -0.121. The second-order valence-corrected chi connectivity index (χ2v) is 6.91. The number of carbonyl (C=O) groups is 1. The lowest BCUT2D eigenvalue weighted by Gasteiger charge is -2.24. The van der Waals surface area contributed by atoms with Gasteiger partial charge in [0.15, 0.2) is 0 Å². The third kappa shape index (κ3) is 4.31. The summed E-state index contributed by atoms with van der Waals surface area (Å²) < 4.78 is 5.65. The van der Waals surface area contributed by atoms with Gasteiger partial charge in [-0.1, -0.05) is 24.6 Å². The molecular formula is C11H22N2O3S2. The summed E-state index contributed by atoms with van der Waals surface area (Å²) in [6.45, 7) is 7.03. The molecule has 1 fully saturated rings. The molecule has 1 aliphatic heterocycles. The quantitative estimate of drug-likeness (QED) is 0.271. The van der Waals surface area contributed by atoms with E-state index in [1.54, 1.807) is 0 Å². The van der Waals surface area contributed by atoms with Crippen LogP contribution in [0, 0.1) is 5.41 Å². The predicted octanol–water partition coefficient (Wildman–Crippen LogP) is 1.14. The maximum atomic E-state index is 11.5. The smallest absolute Gasteiger partial charge is 0.220 e. The van der Waals surface area contributed by atoms with Crippen molar-refractivity contribution in [3.63, 3.8) is 0 Å². The molecule has 0 saturated carbocycles. The molecule has 3 N–H and O–H groups in total. The number of hydrogen-bond donors (Lipinski definition) is 3. The van der Waals surface area contributed by atoms with Gasteiger partial charge in [-0.2, -0.15) is 0 Å². The van der Waals surface area contributed by atoms with Gasteiger partial charge in [0.1, 0.15) is 5.60 Å². The summed E-state index contributed by atoms with van der Waals surface area (Å²) in [4.78, 5) is 16.2. The number of nitrogens with one attached hydrogen (secondary N) is 1. The van der Waals surface area contributed by atoms with E-state index < -0.39 is 0 Å². The number of epoxide rings is 1. The van der Waals surface area contributed by atoms with Gasteiger partial charge in [0.2, 0.25) is 5.91 Å². The van der Waals surface area contributed by atoms with Crippen molar-refractivity contribution in [2.75, 3.05) is 18.9 Å². The zero-order valence-corrected chi connectivity index (χ0v) is 12.8. The minimum absolute atomic E-state index is 0.0436. The zero-order valence-electron chi connectivity index (χ0n) is 11.1. The van der Waals surface area contributed by atoms with Crippen molar-refractivity contribution in [3.05, 3.63) is 0 Å². The van der Waals surface area contributed by atoms with E-state index in [4.69, 9.17) is 10.6 Å². The Balaban J connectivity index is 2.35. The highest BCUT2D eigenvalue weighted by Gasteiger charge is 2.59. The summed E-state index contributed by atoms with van der Waals surface area (Å²) in [6, 6.07) is 0. The summed E-state index contributed by atoms with van der Waals surface area (Å²) in [5, 5.41) is 2.92. The first kappa shape index (κ1) is 16.1. The van der Waals surface area contributed by atoms with Crippen LogP contribution in [0.5, 0.6) is 0 Å². The lowest BCUT2D eigenvalue weighted by atomic mass is 9.83. The second kappa shape index (κ2) is 6.47. The van der Waals surface area contributed by atoms with Crippen molar-refractivity contribution in [2.45, 2.75) is 38.9 Å². The first-order valence-electron chi connectivity index (χ1n) is 5.88. The average Bonchev–Trinajstić information content (AvgIpc) is 2.97. The fraction of sp³-hybridized carbons (Fsp3) is 0.909. The highest BCUT2D eigenvalue weighted by atomic mass is 33.1. The molecule has 0 aromatic rings. The van der Waals surface area contributed by atoms with Crippen molar-refractivity contribution >= 4 is 28.4 Å². The van der Waals surface area contributed by atoms with E-state index in [9.17, 15) is 4.79 Å². The third-order valence-corrected chi connectivity index (χ3v) is 4.06. The minimum atomic E-state index is -0.329. The first-order valence-corrected chi connectivity index (χ1v) is 7.92. The molecule has 0 aliphatic carbocycles. The number of ether oxygens (including phenoxy) is 1. The van der Waals surface area contributed by atoms with Crippen LogP contribution in [-0.4, -0.2) is 36.5 Å². The molecule has 2 atom stereocenters. The van der Waals surface area contributed by atoms with Crippen LogP contribution in [0.4, 0.5) is 0 Å². The van der Waals surface area contributed by atoms with E-state index in [2.05, 4.69) is 35.7 Å². The second-order valence-electron chi connectivity index (χ2n) is 5.47. The van der Waals surface area contributed by atoms with Gasteiger partial charge in [0, 0.05) is 24.1 Å². The Morgan fingerprint density at radius 2 is 2.33 bits per heavy atom. The van der Waals surface area contributed by atoms with Gasteiger partial charge in [-0.05, 0) is 6.92 Å². The molecule has 0 bridgehead atoms. The minimum Gasteiger partial charge on any atom is -0.363 e. The Hall–Kier alpha value is 0.0500. The molecule has 0 spiro atoms. The van der Waals surface area contributed by atoms with Crippen LogP contribution in [0.2, 0.25) is 0 Å². The molecule has 0 aromatic heterocycles. The molecule has 2 unspecified atom stereocenters. The van der Waals surface area contributed by atoms with Crippen molar-refractivity contribution in [1.29, 1.82) is 0 Å². The monoisotopic (exact) mass is 294 g/mol. The summed E-state index contributed by atoms with van der Waals surface area (Å²) in [7, 11) is 1.37. The van der Waals surface area contributed by atoms with E-state index in [1.807, 2.05) is 6.92 Å². The Labute approximate surface area is 117 Å². The highest BCUT2D eigenvalue weighted by Crippen LogP contribution is 2.47. The third-order valence-electron chi connectivity index (χ3n) is 3.13. The van der Waals surface area contributed by atoms with Crippen molar-refractivity contribution < 1.29 is 14.4 Å². The fourth-order valence-corrected chi connectivity index (χ4v) is 2.69. The lowest BCUT2D eigenvalue weighted by Crippen LogP contribution is -2.40. The molecular weight excluding hydrogens is 272 g/mol. The van der Waals surface area contributed by atoms with Gasteiger partial charge >= 0.3 is 0 Å². The Morgan fingerprint density at radius 3 is 2.89 bits per heavy atom. The Bertz CT molecular complexity index is 302. The average molecular weight is 294 g/mol.